The minimum absolute atomic E-state index is 0.115. The van der Waals surface area contributed by atoms with Gasteiger partial charge in [0.05, 0.1) is 12.7 Å². The summed E-state index contributed by atoms with van der Waals surface area (Å²) in [7, 11) is 0. The van der Waals surface area contributed by atoms with Gasteiger partial charge in [-0.1, -0.05) is 23.4 Å². The number of ether oxygens (including phenoxy) is 1. The molecule has 0 saturated carbocycles. The van der Waals surface area contributed by atoms with Gasteiger partial charge in [-0.2, -0.15) is 0 Å². The zero-order chi connectivity index (χ0) is 17.9. The van der Waals surface area contributed by atoms with Crippen molar-refractivity contribution in [3.8, 4) is 5.75 Å². The van der Waals surface area contributed by atoms with Gasteiger partial charge < -0.3 is 9.72 Å². The summed E-state index contributed by atoms with van der Waals surface area (Å²) in [6.45, 7) is 0.707. The van der Waals surface area contributed by atoms with Crippen molar-refractivity contribution < 1.29 is 9.13 Å². The van der Waals surface area contributed by atoms with Crippen LogP contribution < -0.4 is 10.3 Å². The van der Waals surface area contributed by atoms with Crippen molar-refractivity contribution in [1.29, 1.82) is 0 Å². The molecule has 0 aliphatic heterocycles. The van der Waals surface area contributed by atoms with Gasteiger partial charge in [0, 0.05) is 11.6 Å². The molecule has 0 atom stereocenters. The van der Waals surface area contributed by atoms with Gasteiger partial charge in [-0.05, 0) is 41.3 Å². The molecule has 26 heavy (non-hydrogen) atoms. The second kappa shape index (κ2) is 6.79. The van der Waals surface area contributed by atoms with E-state index in [1.807, 2.05) is 18.2 Å². The Hall–Kier alpha value is -3.48. The highest BCUT2D eigenvalue weighted by Crippen LogP contribution is 2.16. The maximum absolute atomic E-state index is 12.9. The number of hydrogen-bond acceptors (Lipinski definition) is 4. The van der Waals surface area contributed by atoms with Gasteiger partial charge in [-0.15, -0.1) is 5.10 Å². The second-order valence-corrected chi connectivity index (χ2v) is 5.84. The molecule has 0 spiro atoms. The molecule has 4 rings (SSSR count). The maximum atomic E-state index is 12.9. The van der Waals surface area contributed by atoms with Gasteiger partial charge in [0.2, 0.25) is 0 Å². The standard InChI is InChI=1S/C19H15FN4O2/c20-14-5-7-16(8-6-14)26-12-15-11-24(23-22-15)10-13-9-21-19(25)18-4-2-1-3-17(13)18/h1-9,11H,10,12H2,(H,21,25). The van der Waals surface area contributed by atoms with Gasteiger partial charge in [0.25, 0.3) is 5.56 Å². The molecule has 0 fully saturated rings. The molecule has 1 N–H and O–H groups in total. The Morgan fingerprint density at radius 2 is 1.85 bits per heavy atom. The molecule has 0 saturated heterocycles. The molecule has 2 heterocycles. The number of halogens is 1. The van der Waals surface area contributed by atoms with Crippen molar-refractivity contribution in [1.82, 2.24) is 20.0 Å². The molecule has 4 aromatic rings. The summed E-state index contributed by atoms with van der Waals surface area (Å²) in [5.41, 5.74) is 1.48. The molecular formula is C19H15FN4O2. The summed E-state index contributed by atoms with van der Waals surface area (Å²) >= 11 is 0. The predicted octanol–water partition coefficient (Wildman–Crippen LogP) is 2.89. The molecule has 2 aromatic carbocycles. The van der Waals surface area contributed by atoms with Crippen LogP contribution in [-0.4, -0.2) is 20.0 Å². The minimum Gasteiger partial charge on any atom is -0.487 e. The number of rotatable bonds is 5. The summed E-state index contributed by atoms with van der Waals surface area (Å²) in [4.78, 5) is 14.6. The van der Waals surface area contributed by atoms with E-state index in [1.54, 1.807) is 35.3 Å². The van der Waals surface area contributed by atoms with E-state index in [9.17, 15) is 9.18 Å². The van der Waals surface area contributed by atoms with Crippen LogP contribution in [0.25, 0.3) is 10.8 Å². The van der Waals surface area contributed by atoms with Crippen LogP contribution in [0.15, 0.2) is 65.7 Å². The lowest BCUT2D eigenvalue weighted by Gasteiger charge is -2.05. The van der Waals surface area contributed by atoms with Crippen LogP contribution >= 0.6 is 0 Å². The fourth-order valence-electron chi connectivity index (χ4n) is 2.74. The number of nitrogens with one attached hydrogen (secondary N) is 1. The highest BCUT2D eigenvalue weighted by molar-refractivity contribution is 5.84. The zero-order valence-electron chi connectivity index (χ0n) is 13.7. The average molecular weight is 350 g/mol. The third-order valence-corrected chi connectivity index (χ3v) is 4.01. The molecule has 0 aliphatic carbocycles. The molecule has 0 unspecified atom stereocenters. The van der Waals surface area contributed by atoms with E-state index in [0.717, 1.165) is 10.9 Å². The molecule has 0 bridgehead atoms. The Morgan fingerprint density at radius 3 is 2.65 bits per heavy atom. The molecule has 130 valence electrons. The number of nitrogens with zero attached hydrogens (tertiary/aromatic N) is 3. The predicted molar refractivity (Wildman–Crippen MR) is 94.4 cm³/mol. The normalized spacial score (nSPS) is 11.0. The molecular weight excluding hydrogens is 335 g/mol. The van der Waals surface area contributed by atoms with Crippen molar-refractivity contribution in [2.24, 2.45) is 0 Å². The topological polar surface area (TPSA) is 72.8 Å². The highest BCUT2D eigenvalue weighted by Gasteiger charge is 2.07. The van der Waals surface area contributed by atoms with E-state index in [1.165, 1.54) is 12.1 Å². The Labute approximate surface area is 147 Å². The van der Waals surface area contributed by atoms with Gasteiger partial charge in [0.1, 0.15) is 23.9 Å². The number of pyridine rings is 1. The van der Waals surface area contributed by atoms with Crippen LogP contribution in [0.4, 0.5) is 4.39 Å². The van der Waals surface area contributed by atoms with Crippen LogP contribution in [0.1, 0.15) is 11.3 Å². The first kappa shape index (κ1) is 16.0. The smallest absolute Gasteiger partial charge is 0.255 e. The van der Waals surface area contributed by atoms with E-state index < -0.39 is 0 Å². The minimum atomic E-state index is -0.309. The number of aromatic amines is 1. The molecule has 6 nitrogen and oxygen atoms in total. The SMILES string of the molecule is O=c1[nH]cc(Cn2cc(COc3ccc(F)cc3)nn2)c2ccccc12. The number of fused-ring (bicyclic) bond motifs is 1. The van der Waals surface area contributed by atoms with Crippen molar-refractivity contribution in [2.75, 3.05) is 0 Å². The summed E-state index contributed by atoms with van der Waals surface area (Å²) < 4.78 is 20.1. The maximum Gasteiger partial charge on any atom is 0.255 e. The number of aromatic nitrogens is 4. The lowest BCUT2D eigenvalue weighted by Crippen LogP contribution is -2.09. The molecule has 0 radical (unpaired) electrons. The average Bonchev–Trinajstić information content (AvgIpc) is 3.11. The molecule has 2 aromatic heterocycles. The number of hydrogen-bond donors (Lipinski definition) is 1. The monoisotopic (exact) mass is 350 g/mol. The van der Waals surface area contributed by atoms with Crippen LogP contribution in [0.3, 0.4) is 0 Å². The van der Waals surface area contributed by atoms with E-state index in [2.05, 4.69) is 15.3 Å². The fraction of sp³-hybridized carbons (Fsp3) is 0.105. The lowest BCUT2D eigenvalue weighted by molar-refractivity contribution is 0.300. The van der Waals surface area contributed by atoms with Crippen molar-refractivity contribution in [3.63, 3.8) is 0 Å². The third-order valence-electron chi connectivity index (χ3n) is 4.01. The summed E-state index contributed by atoms with van der Waals surface area (Å²) in [6, 6.07) is 13.2. The van der Waals surface area contributed by atoms with Crippen LogP contribution in [-0.2, 0) is 13.2 Å². The van der Waals surface area contributed by atoms with E-state index in [-0.39, 0.29) is 18.0 Å². The Bertz CT molecular complexity index is 1100. The number of benzene rings is 2. The number of H-pyrrole nitrogens is 1. The molecule has 7 heteroatoms. The van der Waals surface area contributed by atoms with Crippen molar-refractivity contribution >= 4 is 10.8 Å². The molecule has 0 aliphatic rings. The van der Waals surface area contributed by atoms with E-state index >= 15 is 0 Å². The van der Waals surface area contributed by atoms with Crippen LogP contribution in [0.5, 0.6) is 5.75 Å². The summed E-state index contributed by atoms with van der Waals surface area (Å²) in [5.74, 6) is 0.254. The highest BCUT2D eigenvalue weighted by atomic mass is 19.1. The third kappa shape index (κ3) is 3.32. The van der Waals surface area contributed by atoms with E-state index in [4.69, 9.17) is 4.74 Å². The lowest BCUT2D eigenvalue weighted by atomic mass is 10.1. The van der Waals surface area contributed by atoms with Crippen molar-refractivity contribution in [2.45, 2.75) is 13.2 Å². The van der Waals surface area contributed by atoms with E-state index in [0.29, 0.717) is 23.4 Å². The van der Waals surface area contributed by atoms with Gasteiger partial charge >= 0.3 is 0 Å². The van der Waals surface area contributed by atoms with Gasteiger partial charge in [-0.3, -0.25) is 4.79 Å². The Balaban J connectivity index is 1.49. The Morgan fingerprint density at radius 1 is 1.08 bits per heavy atom. The van der Waals surface area contributed by atoms with Crippen molar-refractivity contribution in [3.05, 3.63) is 88.4 Å². The first-order valence-corrected chi connectivity index (χ1v) is 8.06. The summed E-state index contributed by atoms with van der Waals surface area (Å²) in [5, 5.41) is 9.71. The first-order valence-electron chi connectivity index (χ1n) is 8.06. The first-order chi connectivity index (χ1) is 12.7. The Kier molecular flexibility index (Phi) is 4.18. The van der Waals surface area contributed by atoms with Crippen LogP contribution in [0.2, 0.25) is 0 Å². The molecule has 0 amide bonds. The quantitative estimate of drug-likeness (QED) is 0.601. The van der Waals surface area contributed by atoms with Gasteiger partial charge in [0.15, 0.2) is 0 Å². The van der Waals surface area contributed by atoms with Crippen LogP contribution in [0, 0.1) is 5.82 Å². The van der Waals surface area contributed by atoms with Gasteiger partial charge in [-0.25, -0.2) is 9.07 Å². The second-order valence-electron chi connectivity index (χ2n) is 5.84. The summed E-state index contributed by atoms with van der Waals surface area (Å²) in [6.07, 6.45) is 3.48. The fourth-order valence-corrected chi connectivity index (χ4v) is 2.74. The largest absolute Gasteiger partial charge is 0.487 e. The zero-order valence-corrected chi connectivity index (χ0v) is 13.7.